The second kappa shape index (κ2) is 12.9. The van der Waals surface area contributed by atoms with Crippen molar-refractivity contribution in [3.05, 3.63) is 140 Å². The van der Waals surface area contributed by atoms with Gasteiger partial charge in [0.1, 0.15) is 19.0 Å². The van der Waals surface area contributed by atoms with E-state index in [0.29, 0.717) is 11.7 Å². The molecule has 9 aromatic rings. The van der Waals surface area contributed by atoms with Crippen LogP contribution in [0.15, 0.2) is 149 Å². The Balaban J connectivity index is 1.14. The molecule has 0 unspecified atom stereocenters. The van der Waals surface area contributed by atoms with E-state index in [1.807, 2.05) is 40.9 Å². The van der Waals surface area contributed by atoms with Crippen LogP contribution in [0.5, 0.6) is 0 Å². The van der Waals surface area contributed by atoms with Crippen molar-refractivity contribution in [2.24, 2.45) is 15.0 Å². The molecule has 0 saturated carbocycles. The van der Waals surface area contributed by atoms with E-state index >= 15 is 0 Å². The Morgan fingerprint density at radius 2 is 1.04 bits per heavy atom. The molecular formula is C43H28N6S2. The van der Waals surface area contributed by atoms with Crippen molar-refractivity contribution < 1.29 is 0 Å². The minimum absolute atomic E-state index is 0.617. The van der Waals surface area contributed by atoms with Gasteiger partial charge in [0.25, 0.3) is 0 Å². The molecule has 242 valence electrons. The summed E-state index contributed by atoms with van der Waals surface area (Å²) in [5, 5.41) is 4.98. The molecule has 0 N–H and O–H groups in total. The molecule has 6 aromatic carbocycles. The average Bonchev–Trinajstić information content (AvgIpc) is 3.75. The topological polar surface area (TPSA) is 75.8 Å². The number of fused-ring (bicyclic) bond motifs is 6. The molecule has 8 heteroatoms. The molecule has 6 nitrogen and oxygen atoms in total. The Labute approximate surface area is 301 Å². The molecule has 0 radical (unpaired) electrons. The summed E-state index contributed by atoms with van der Waals surface area (Å²) in [7, 11) is 1.75. The first-order chi connectivity index (χ1) is 25.2. The van der Waals surface area contributed by atoms with E-state index in [9.17, 15) is 0 Å². The second-order valence-electron chi connectivity index (χ2n) is 12.1. The van der Waals surface area contributed by atoms with E-state index < -0.39 is 0 Å². The molecule has 0 aliphatic carbocycles. The predicted octanol–water partition coefficient (Wildman–Crippen LogP) is 11.4. The Hall–Kier alpha value is -6.22. The van der Waals surface area contributed by atoms with Crippen molar-refractivity contribution in [1.29, 1.82) is 0 Å². The van der Waals surface area contributed by atoms with Gasteiger partial charge in [0, 0.05) is 58.5 Å². The average molecular weight is 693 g/mol. The minimum atomic E-state index is 0.617. The Kier molecular flexibility index (Phi) is 7.80. The first-order valence-electron chi connectivity index (χ1n) is 16.4. The Morgan fingerprint density at radius 3 is 1.59 bits per heavy atom. The lowest BCUT2D eigenvalue weighted by atomic mass is 9.96. The Bertz CT molecular complexity index is 2850. The van der Waals surface area contributed by atoms with Crippen LogP contribution in [0.1, 0.15) is 5.56 Å². The number of rotatable bonds is 6. The highest BCUT2D eigenvalue weighted by molar-refractivity contribution is 7.26. The van der Waals surface area contributed by atoms with Crippen LogP contribution >= 0.6 is 22.7 Å². The van der Waals surface area contributed by atoms with Gasteiger partial charge in [-0.1, -0.05) is 72.8 Å². The van der Waals surface area contributed by atoms with Crippen LogP contribution in [0.3, 0.4) is 0 Å². The van der Waals surface area contributed by atoms with E-state index in [4.69, 9.17) is 0 Å². The molecule has 0 fully saturated rings. The molecular weight excluding hydrogens is 665 g/mol. The van der Waals surface area contributed by atoms with E-state index in [0.717, 1.165) is 33.4 Å². The highest BCUT2D eigenvalue weighted by Gasteiger charge is 2.15. The molecule has 0 aliphatic heterocycles. The molecule has 0 spiro atoms. The van der Waals surface area contributed by atoms with Gasteiger partial charge in [0.05, 0.1) is 0 Å². The van der Waals surface area contributed by atoms with Gasteiger partial charge < -0.3 is 0 Å². The van der Waals surface area contributed by atoms with Crippen LogP contribution < -0.4 is 0 Å². The number of aromatic nitrogens is 3. The van der Waals surface area contributed by atoms with Crippen LogP contribution in [-0.4, -0.2) is 40.9 Å². The number of benzene rings is 6. The summed E-state index contributed by atoms with van der Waals surface area (Å²) in [5.74, 6) is 1.28. The molecule has 3 heterocycles. The molecule has 51 heavy (non-hydrogen) atoms. The van der Waals surface area contributed by atoms with Crippen LogP contribution in [0.4, 0.5) is 0 Å². The smallest absolute Gasteiger partial charge is 0.163 e. The fraction of sp³-hybridized carbons (Fsp3) is 0.0233. The summed E-state index contributed by atoms with van der Waals surface area (Å²) in [6.45, 7) is 3.52. The quantitative estimate of drug-likeness (QED) is 0.129. The second-order valence-corrected chi connectivity index (χ2v) is 14.2. The first-order valence-corrected chi connectivity index (χ1v) is 18.0. The summed E-state index contributed by atoms with van der Waals surface area (Å²) in [6.07, 6.45) is 4.52. The third-order valence-corrected chi connectivity index (χ3v) is 11.5. The fourth-order valence-corrected chi connectivity index (χ4v) is 8.96. The monoisotopic (exact) mass is 692 g/mol. The molecule has 0 atom stereocenters. The number of amidine groups is 1. The highest BCUT2D eigenvalue weighted by Crippen LogP contribution is 2.42. The maximum absolute atomic E-state index is 4.43. The normalized spacial score (nSPS) is 12.1. The molecule has 0 bridgehead atoms. The lowest BCUT2D eigenvalue weighted by Gasteiger charge is -2.10. The zero-order valence-electron chi connectivity index (χ0n) is 27.5. The molecule has 9 rings (SSSR count). The number of nitrogens with zero attached hydrogens (tertiary/aromatic N) is 6. The van der Waals surface area contributed by atoms with Gasteiger partial charge in [0.2, 0.25) is 0 Å². The Morgan fingerprint density at radius 1 is 0.569 bits per heavy atom. The van der Waals surface area contributed by atoms with Crippen molar-refractivity contribution in [2.45, 2.75) is 0 Å². The van der Waals surface area contributed by atoms with E-state index in [2.05, 4.69) is 140 Å². The van der Waals surface area contributed by atoms with E-state index in [1.165, 1.54) is 57.8 Å². The van der Waals surface area contributed by atoms with Gasteiger partial charge in [-0.05, 0) is 88.6 Å². The van der Waals surface area contributed by atoms with Crippen molar-refractivity contribution in [3.8, 4) is 44.8 Å². The minimum Gasteiger partial charge on any atom is -0.270 e. The molecule has 0 amide bonds. The van der Waals surface area contributed by atoms with Crippen LogP contribution in [0, 0.1) is 0 Å². The van der Waals surface area contributed by atoms with Crippen LogP contribution in [0.2, 0.25) is 0 Å². The van der Waals surface area contributed by atoms with Gasteiger partial charge >= 0.3 is 0 Å². The van der Waals surface area contributed by atoms with Crippen molar-refractivity contribution in [3.63, 3.8) is 0 Å². The summed E-state index contributed by atoms with van der Waals surface area (Å²) >= 11 is 3.65. The number of thiophene rings is 2. The van der Waals surface area contributed by atoms with Crippen molar-refractivity contribution in [1.82, 2.24) is 15.0 Å². The predicted molar refractivity (Wildman–Crippen MR) is 218 cm³/mol. The zero-order valence-corrected chi connectivity index (χ0v) is 29.1. The number of aliphatic imine (C=N–C) groups is 3. The van der Waals surface area contributed by atoms with Gasteiger partial charge in [-0.25, -0.2) is 19.9 Å². The van der Waals surface area contributed by atoms with Gasteiger partial charge in [-0.15, -0.1) is 22.7 Å². The zero-order chi connectivity index (χ0) is 34.3. The standard InChI is InChI=1S/C43H28N6S2/c1-44-23-47-42(45-2)32-9-5-3-7-30(32)28-13-17-40-36(21-28)34-19-26(11-15-38(34)50-40)27-12-16-39-35(20-27)37-22-29(14-18-41(37)51-39)31-8-4-6-10-33(31)43-48-24-46-25-49-43/h3-25H,1H2,2H3/b45-42-,47-23-. The van der Waals surface area contributed by atoms with Gasteiger partial charge in [0.15, 0.2) is 11.7 Å². The highest BCUT2D eigenvalue weighted by atomic mass is 32.1. The van der Waals surface area contributed by atoms with E-state index in [-0.39, 0.29) is 0 Å². The third kappa shape index (κ3) is 5.51. The molecule has 0 aliphatic rings. The lowest BCUT2D eigenvalue weighted by Crippen LogP contribution is -2.00. The maximum Gasteiger partial charge on any atom is 0.163 e. The largest absolute Gasteiger partial charge is 0.270 e. The molecule has 3 aromatic heterocycles. The summed E-state index contributed by atoms with van der Waals surface area (Å²) in [4.78, 5) is 25.5. The van der Waals surface area contributed by atoms with Crippen molar-refractivity contribution in [2.75, 3.05) is 7.05 Å². The summed E-state index contributed by atoms with van der Waals surface area (Å²) < 4.78 is 5.05. The first kappa shape index (κ1) is 30.8. The van der Waals surface area contributed by atoms with Crippen molar-refractivity contribution >= 4 is 81.9 Å². The van der Waals surface area contributed by atoms with Crippen LogP contribution in [0.25, 0.3) is 85.1 Å². The number of hydrogen-bond acceptors (Lipinski definition) is 6. The lowest BCUT2D eigenvalue weighted by molar-refractivity contribution is 1.06. The van der Waals surface area contributed by atoms with Crippen LogP contribution in [-0.2, 0) is 0 Å². The fourth-order valence-electron chi connectivity index (χ4n) is 6.83. The third-order valence-electron chi connectivity index (χ3n) is 9.20. The SMILES string of the molecule is C=N/C=N\C(=N/C)c1ccccc1-c1ccc2sc3ccc(-c4ccc5sc6ccc(-c7ccccc7-c7ncncn7)cc6c5c4)cc3c2c1. The van der Waals surface area contributed by atoms with E-state index in [1.54, 1.807) is 19.7 Å². The van der Waals surface area contributed by atoms with Gasteiger partial charge in [-0.3, -0.25) is 9.98 Å². The molecule has 0 saturated heterocycles. The van der Waals surface area contributed by atoms with Gasteiger partial charge in [-0.2, -0.15) is 0 Å². The maximum atomic E-state index is 4.43. The summed E-state index contributed by atoms with van der Waals surface area (Å²) in [5.41, 5.74) is 8.74. The summed E-state index contributed by atoms with van der Waals surface area (Å²) in [6, 6.07) is 43.7. The number of hydrogen-bond donors (Lipinski definition) is 0.